The van der Waals surface area contributed by atoms with Crippen molar-refractivity contribution in [2.24, 2.45) is 11.7 Å². The van der Waals surface area contributed by atoms with Gasteiger partial charge in [-0.15, -0.1) is 0 Å². The second-order valence-corrected chi connectivity index (χ2v) is 4.54. The number of hydrogen-bond donors (Lipinski definition) is 2. The van der Waals surface area contributed by atoms with E-state index in [9.17, 15) is 0 Å². The highest BCUT2D eigenvalue weighted by Gasteiger charge is 2.08. The van der Waals surface area contributed by atoms with Gasteiger partial charge in [-0.25, -0.2) is 4.98 Å². The Labute approximate surface area is 108 Å². The molecular weight excluding hydrogens is 230 g/mol. The van der Waals surface area contributed by atoms with Gasteiger partial charge in [0.15, 0.2) is 0 Å². The zero-order valence-corrected chi connectivity index (χ0v) is 11.2. The molecule has 18 heavy (non-hydrogen) atoms. The molecule has 0 fully saturated rings. The van der Waals surface area contributed by atoms with Crippen molar-refractivity contribution in [3.63, 3.8) is 0 Å². The predicted molar refractivity (Wildman–Crippen MR) is 71.1 cm³/mol. The zero-order valence-electron chi connectivity index (χ0n) is 11.2. The summed E-state index contributed by atoms with van der Waals surface area (Å²) in [7, 11) is 0. The lowest BCUT2D eigenvalue weighted by atomic mass is 10.2. The molecule has 100 valence electrons. The average molecular weight is 251 g/mol. The number of nitrogen functional groups attached to an aromatic ring is 1. The van der Waals surface area contributed by atoms with Gasteiger partial charge in [0, 0.05) is 12.3 Å². The molecule has 0 spiro atoms. The van der Waals surface area contributed by atoms with Gasteiger partial charge >= 0.3 is 0 Å². The monoisotopic (exact) mass is 251 g/mol. The van der Waals surface area contributed by atoms with E-state index in [1.54, 1.807) is 12.1 Å². The van der Waals surface area contributed by atoms with Gasteiger partial charge in [-0.2, -0.15) is 0 Å². The third kappa shape index (κ3) is 4.71. The molecule has 1 heterocycles. The van der Waals surface area contributed by atoms with Crippen LogP contribution in [0.2, 0.25) is 0 Å². The quantitative estimate of drug-likeness (QED) is 0.439. The van der Waals surface area contributed by atoms with Gasteiger partial charge in [0.05, 0.1) is 12.2 Å². The van der Waals surface area contributed by atoms with E-state index in [0.29, 0.717) is 37.2 Å². The van der Waals surface area contributed by atoms with E-state index in [4.69, 9.17) is 20.6 Å². The third-order valence-corrected chi connectivity index (χ3v) is 2.21. The van der Waals surface area contributed by atoms with Crippen molar-refractivity contribution in [3.05, 3.63) is 23.4 Å². The molecule has 0 amide bonds. The summed E-state index contributed by atoms with van der Waals surface area (Å²) in [5, 5.41) is 7.45. The van der Waals surface area contributed by atoms with Crippen LogP contribution in [0, 0.1) is 18.3 Å². The van der Waals surface area contributed by atoms with Crippen molar-refractivity contribution >= 4 is 5.84 Å². The van der Waals surface area contributed by atoms with E-state index in [2.05, 4.69) is 18.8 Å². The fourth-order valence-corrected chi connectivity index (χ4v) is 1.36. The molecule has 0 aromatic carbocycles. The van der Waals surface area contributed by atoms with Gasteiger partial charge in [0.25, 0.3) is 0 Å². The highest BCUT2D eigenvalue weighted by Crippen LogP contribution is 2.15. The van der Waals surface area contributed by atoms with E-state index >= 15 is 0 Å². The number of aromatic nitrogens is 1. The first kappa shape index (κ1) is 14.4. The number of pyridine rings is 1. The van der Waals surface area contributed by atoms with Crippen LogP contribution in [0.25, 0.3) is 0 Å². The first-order chi connectivity index (χ1) is 8.50. The van der Waals surface area contributed by atoms with Crippen LogP contribution in [0.3, 0.4) is 0 Å². The summed E-state index contributed by atoms with van der Waals surface area (Å²) in [6, 6.07) is 3.55. The van der Waals surface area contributed by atoms with E-state index < -0.39 is 0 Å². The molecule has 1 aromatic rings. The maximum Gasteiger partial charge on any atom is 0.224 e. The van der Waals surface area contributed by atoms with Gasteiger partial charge in [0.2, 0.25) is 5.88 Å². The van der Waals surface area contributed by atoms with E-state index in [-0.39, 0.29) is 5.84 Å². The van der Waals surface area contributed by atoms with Crippen molar-refractivity contribution < 1.29 is 9.47 Å². The number of rotatable bonds is 7. The second kappa shape index (κ2) is 6.96. The Bertz CT molecular complexity index is 405. The number of nitrogens with one attached hydrogen (secondary N) is 1. The normalized spacial score (nSPS) is 10.7. The van der Waals surface area contributed by atoms with Gasteiger partial charge in [-0.3, -0.25) is 5.41 Å². The molecule has 1 rings (SSSR count). The van der Waals surface area contributed by atoms with Gasteiger partial charge in [-0.05, 0) is 25.0 Å². The van der Waals surface area contributed by atoms with E-state index in [1.165, 1.54) is 0 Å². The maximum atomic E-state index is 7.45. The molecule has 0 unspecified atom stereocenters. The third-order valence-electron chi connectivity index (χ3n) is 2.21. The lowest BCUT2D eigenvalue weighted by Gasteiger charge is -2.11. The van der Waals surface area contributed by atoms with Crippen molar-refractivity contribution in [2.45, 2.75) is 20.8 Å². The van der Waals surface area contributed by atoms with Gasteiger partial charge in [-0.1, -0.05) is 13.8 Å². The molecule has 0 radical (unpaired) electrons. The maximum absolute atomic E-state index is 7.45. The Hall–Kier alpha value is -1.62. The number of nitrogens with zero attached hydrogens (tertiary/aromatic N) is 1. The number of ether oxygens (including phenoxy) is 2. The number of aryl methyl sites for hydroxylation is 1. The molecule has 0 aliphatic carbocycles. The van der Waals surface area contributed by atoms with E-state index in [1.807, 2.05) is 6.92 Å². The number of nitrogens with two attached hydrogens (primary N) is 1. The summed E-state index contributed by atoms with van der Waals surface area (Å²) in [4.78, 5) is 4.23. The molecule has 0 bridgehead atoms. The standard InChI is InChI=1S/C13H21N3O2/c1-9(2)8-17-6-7-18-13-11(12(14)15)5-4-10(3)16-13/h4-5,9H,6-8H2,1-3H3,(H3,14,15). The summed E-state index contributed by atoms with van der Waals surface area (Å²) in [6.07, 6.45) is 0. The summed E-state index contributed by atoms with van der Waals surface area (Å²) in [6.45, 7) is 7.68. The second-order valence-electron chi connectivity index (χ2n) is 4.54. The highest BCUT2D eigenvalue weighted by molar-refractivity contribution is 5.97. The molecule has 1 aromatic heterocycles. The predicted octanol–water partition coefficient (Wildman–Crippen LogP) is 1.73. The summed E-state index contributed by atoms with van der Waals surface area (Å²) < 4.78 is 10.9. The Morgan fingerprint density at radius 2 is 2.11 bits per heavy atom. The Kier molecular flexibility index (Phi) is 5.58. The minimum absolute atomic E-state index is 0.0411. The number of hydrogen-bond acceptors (Lipinski definition) is 4. The lowest BCUT2D eigenvalue weighted by Crippen LogP contribution is -2.16. The first-order valence-corrected chi connectivity index (χ1v) is 6.03. The van der Waals surface area contributed by atoms with Crippen LogP contribution in [0.4, 0.5) is 0 Å². The minimum Gasteiger partial charge on any atom is -0.475 e. The van der Waals surface area contributed by atoms with Gasteiger partial charge < -0.3 is 15.2 Å². The average Bonchev–Trinajstić information content (AvgIpc) is 2.27. The van der Waals surface area contributed by atoms with Crippen LogP contribution >= 0.6 is 0 Å². The molecule has 0 aliphatic heterocycles. The van der Waals surface area contributed by atoms with Crippen LogP contribution < -0.4 is 10.5 Å². The topological polar surface area (TPSA) is 81.2 Å². The molecule has 3 N–H and O–H groups in total. The molecule has 0 atom stereocenters. The Morgan fingerprint density at radius 3 is 2.72 bits per heavy atom. The van der Waals surface area contributed by atoms with Gasteiger partial charge in [0.1, 0.15) is 12.4 Å². The van der Waals surface area contributed by atoms with Crippen molar-refractivity contribution in [3.8, 4) is 5.88 Å². The summed E-state index contributed by atoms with van der Waals surface area (Å²) in [5.74, 6) is 0.867. The fraction of sp³-hybridized carbons (Fsp3) is 0.538. The Morgan fingerprint density at radius 1 is 1.39 bits per heavy atom. The van der Waals surface area contributed by atoms with Crippen molar-refractivity contribution in [1.82, 2.24) is 4.98 Å². The Balaban J connectivity index is 2.50. The largest absolute Gasteiger partial charge is 0.475 e. The van der Waals surface area contributed by atoms with E-state index in [0.717, 1.165) is 5.69 Å². The molecule has 0 saturated carbocycles. The van der Waals surface area contributed by atoms with Crippen LogP contribution in [0.5, 0.6) is 5.88 Å². The van der Waals surface area contributed by atoms with Crippen LogP contribution in [-0.4, -0.2) is 30.6 Å². The van der Waals surface area contributed by atoms with Crippen LogP contribution in [0.1, 0.15) is 25.1 Å². The first-order valence-electron chi connectivity index (χ1n) is 6.03. The van der Waals surface area contributed by atoms with Crippen LogP contribution in [-0.2, 0) is 4.74 Å². The lowest BCUT2D eigenvalue weighted by molar-refractivity contribution is 0.0805. The molecule has 0 saturated heterocycles. The molecular formula is C13H21N3O2. The number of amidine groups is 1. The van der Waals surface area contributed by atoms with Crippen LogP contribution in [0.15, 0.2) is 12.1 Å². The summed E-state index contributed by atoms with van der Waals surface area (Å²) in [5.41, 5.74) is 6.82. The summed E-state index contributed by atoms with van der Waals surface area (Å²) >= 11 is 0. The fourth-order valence-electron chi connectivity index (χ4n) is 1.36. The molecule has 5 heteroatoms. The van der Waals surface area contributed by atoms with Crippen molar-refractivity contribution in [2.75, 3.05) is 19.8 Å². The molecule has 5 nitrogen and oxygen atoms in total. The molecule has 0 aliphatic rings. The van der Waals surface area contributed by atoms with Crippen molar-refractivity contribution in [1.29, 1.82) is 5.41 Å². The zero-order chi connectivity index (χ0) is 13.5. The SMILES string of the molecule is Cc1ccc(C(=N)N)c(OCCOCC(C)C)n1. The smallest absolute Gasteiger partial charge is 0.224 e. The minimum atomic E-state index is -0.0411. The highest BCUT2D eigenvalue weighted by atomic mass is 16.5.